The van der Waals surface area contributed by atoms with Gasteiger partial charge in [-0.15, -0.1) is 0 Å². The van der Waals surface area contributed by atoms with Crippen LogP contribution in [0.3, 0.4) is 0 Å². The zero-order valence-electron chi connectivity index (χ0n) is 10.1. The van der Waals surface area contributed by atoms with E-state index >= 15 is 0 Å². The summed E-state index contributed by atoms with van der Waals surface area (Å²) in [5, 5.41) is 0. The van der Waals surface area contributed by atoms with Crippen molar-refractivity contribution in [3.05, 3.63) is 0 Å². The number of rotatable bonds is 1. The number of hydrogen-bond donors (Lipinski definition) is 0. The number of sulfone groups is 1. The second-order valence-electron chi connectivity index (χ2n) is 5.92. The highest BCUT2D eigenvalue weighted by Gasteiger charge is 2.49. The summed E-state index contributed by atoms with van der Waals surface area (Å²) in [6.45, 7) is 2.25. The largest absolute Gasteiger partial charge is 0.338 e. The summed E-state index contributed by atoms with van der Waals surface area (Å²) in [6.07, 6.45) is 3.40. The first-order chi connectivity index (χ1) is 7.96. The van der Waals surface area contributed by atoms with Crippen LogP contribution in [0, 0.1) is 17.8 Å². The minimum atomic E-state index is -2.92. The first kappa shape index (κ1) is 11.5. The normalized spacial score (nSPS) is 43.2. The van der Waals surface area contributed by atoms with Gasteiger partial charge < -0.3 is 4.90 Å². The smallest absolute Gasteiger partial charge is 0.226 e. The molecular formula is C12H19NO3S. The highest BCUT2D eigenvalue weighted by Crippen LogP contribution is 2.54. The molecule has 0 aromatic heterocycles. The van der Waals surface area contributed by atoms with E-state index in [4.69, 9.17) is 0 Å². The number of amides is 1. The van der Waals surface area contributed by atoms with E-state index in [9.17, 15) is 13.2 Å². The number of nitrogens with zero attached hydrogens (tertiary/aromatic N) is 1. The van der Waals surface area contributed by atoms with E-state index in [1.807, 2.05) is 6.92 Å². The standard InChI is InChI=1S/C12H19NO3S/c1-8-7-17(15,16)3-2-13(8)12(14)11-5-9-4-10(9)6-11/h8-11H,2-7H2,1H3. The maximum absolute atomic E-state index is 12.3. The van der Waals surface area contributed by atoms with Crippen LogP contribution >= 0.6 is 0 Å². The van der Waals surface area contributed by atoms with E-state index in [1.54, 1.807) is 4.90 Å². The molecule has 3 atom stereocenters. The van der Waals surface area contributed by atoms with E-state index < -0.39 is 9.84 Å². The molecule has 0 bridgehead atoms. The molecule has 0 aromatic carbocycles. The Labute approximate surface area is 102 Å². The van der Waals surface area contributed by atoms with Crippen LogP contribution < -0.4 is 0 Å². The molecule has 0 spiro atoms. The van der Waals surface area contributed by atoms with Gasteiger partial charge in [-0.3, -0.25) is 4.79 Å². The maximum atomic E-state index is 12.3. The van der Waals surface area contributed by atoms with Gasteiger partial charge in [0.1, 0.15) is 0 Å². The molecule has 3 aliphatic rings. The highest BCUT2D eigenvalue weighted by atomic mass is 32.2. The van der Waals surface area contributed by atoms with Gasteiger partial charge in [0, 0.05) is 18.5 Å². The fourth-order valence-electron chi connectivity index (χ4n) is 3.48. The molecule has 4 nitrogen and oxygen atoms in total. The van der Waals surface area contributed by atoms with Crippen molar-refractivity contribution < 1.29 is 13.2 Å². The zero-order chi connectivity index (χ0) is 12.2. The van der Waals surface area contributed by atoms with Gasteiger partial charge in [-0.2, -0.15) is 0 Å². The van der Waals surface area contributed by atoms with Crippen molar-refractivity contribution in [3.8, 4) is 0 Å². The van der Waals surface area contributed by atoms with Crippen molar-refractivity contribution in [2.45, 2.75) is 32.2 Å². The molecule has 1 amide bonds. The molecule has 96 valence electrons. The van der Waals surface area contributed by atoms with Crippen LogP contribution in [0.4, 0.5) is 0 Å². The topological polar surface area (TPSA) is 54.5 Å². The van der Waals surface area contributed by atoms with E-state index in [-0.39, 0.29) is 29.4 Å². The van der Waals surface area contributed by atoms with Gasteiger partial charge in [0.05, 0.1) is 11.5 Å². The Morgan fingerprint density at radius 3 is 2.41 bits per heavy atom. The third-order valence-corrected chi connectivity index (χ3v) is 6.34. The Hall–Kier alpha value is -0.580. The fourth-order valence-corrected chi connectivity index (χ4v) is 5.03. The predicted octanol–water partition coefficient (Wildman–Crippen LogP) is 0.678. The second-order valence-corrected chi connectivity index (χ2v) is 8.15. The van der Waals surface area contributed by atoms with E-state index in [0.29, 0.717) is 6.54 Å². The lowest BCUT2D eigenvalue weighted by atomic mass is 10.0. The lowest BCUT2D eigenvalue weighted by Crippen LogP contribution is -2.51. The molecule has 17 heavy (non-hydrogen) atoms. The van der Waals surface area contributed by atoms with Crippen LogP contribution in [-0.4, -0.2) is 43.3 Å². The zero-order valence-corrected chi connectivity index (χ0v) is 10.9. The van der Waals surface area contributed by atoms with Crippen LogP contribution in [0.1, 0.15) is 26.2 Å². The van der Waals surface area contributed by atoms with Gasteiger partial charge in [-0.25, -0.2) is 8.42 Å². The molecule has 1 aliphatic heterocycles. The SMILES string of the molecule is CC1CS(=O)(=O)CCN1C(=O)C1CC2CC2C1. The first-order valence-corrected chi connectivity index (χ1v) is 8.29. The number of carbonyl (C=O) groups is 1. The molecular weight excluding hydrogens is 238 g/mol. The maximum Gasteiger partial charge on any atom is 0.226 e. The van der Waals surface area contributed by atoms with Gasteiger partial charge in [0.15, 0.2) is 9.84 Å². The molecule has 3 rings (SSSR count). The Balaban J connectivity index is 1.66. The average Bonchev–Trinajstić information content (AvgIpc) is 2.84. The third kappa shape index (κ3) is 2.09. The highest BCUT2D eigenvalue weighted by molar-refractivity contribution is 7.91. The third-order valence-electron chi connectivity index (χ3n) is 4.55. The lowest BCUT2D eigenvalue weighted by Gasteiger charge is -2.35. The summed E-state index contributed by atoms with van der Waals surface area (Å²) in [5.41, 5.74) is 0. The molecule has 2 saturated carbocycles. The van der Waals surface area contributed by atoms with Gasteiger partial charge in [0.25, 0.3) is 0 Å². The lowest BCUT2D eigenvalue weighted by molar-refractivity contribution is -0.137. The van der Waals surface area contributed by atoms with Crippen molar-refractivity contribution >= 4 is 15.7 Å². The fraction of sp³-hybridized carbons (Fsp3) is 0.917. The van der Waals surface area contributed by atoms with E-state index in [0.717, 1.165) is 24.7 Å². The second kappa shape index (κ2) is 3.70. The van der Waals surface area contributed by atoms with E-state index in [2.05, 4.69) is 0 Å². The molecule has 0 N–H and O–H groups in total. The monoisotopic (exact) mass is 257 g/mol. The average molecular weight is 257 g/mol. The van der Waals surface area contributed by atoms with Gasteiger partial charge in [-0.1, -0.05) is 0 Å². The first-order valence-electron chi connectivity index (χ1n) is 6.47. The van der Waals surface area contributed by atoms with Crippen molar-refractivity contribution in [2.75, 3.05) is 18.1 Å². The van der Waals surface area contributed by atoms with Crippen molar-refractivity contribution in [1.29, 1.82) is 0 Å². The van der Waals surface area contributed by atoms with Crippen molar-refractivity contribution in [3.63, 3.8) is 0 Å². The molecule has 2 aliphatic carbocycles. The van der Waals surface area contributed by atoms with Crippen LogP contribution in [0.25, 0.3) is 0 Å². The summed E-state index contributed by atoms with van der Waals surface area (Å²) in [6, 6.07) is -0.141. The Morgan fingerprint density at radius 2 is 1.82 bits per heavy atom. The van der Waals surface area contributed by atoms with Crippen LogP contribution in [-0.2, 0) is 14.6 Å². The predicted molar refractivity (Wildman–Crippen MR) is 64.1 cm³/mol. The quantitative estimate of drug-likeness (QED) is 0.694. The molecule has 5 heteroatoms. The summed E-state index contributed by atoms with van der Waals surface area (Å²) >= 11 is 0. The van der Waals surface area contributed by atoms with Crippen LogP contribution in [0.15, 0.2) is 0 Å². The Morgan fingerprint density at radius 1 is 1.18 bits per heavy atom. The Kier molecular flexibility index (Phi) is 2.51. The van der Waals surface area contributed by atoms with Crippen LogP contribution in [0.5, 0.6) is 0 Å². The minimum Gasteiger partial charge on any atom is -0.338 e. The molecule has 3 unspecified atom stereocenters. The molecule has 0 radical (unpaired) electrons. The molecule has 0 aromatic rings. The molecule has 3 fully saturated rings. The van der Waals surface area contributed by atoms with E-state index in [1.165, 1.54) is 6.42 Å². The van der Waals surface area contributed by atoms with Gasteiger partial charge >= 0.3 is 0 Å². The van der Waals surface area contributed by atoms with Crippen LogP contribution in [0.2, 0.25) is 0 Å². The van der Waals surface area contributed by atoms with Crippen molar-refractivity contribution in [1.82, 2.24) is 4.90 Å². The number of carbonyl (C=O) groups excluding carboxylic acids is 1. The molecule has 1 saturated heterocycles. The van der Waals surface area contributed by atoms with Gasteiger partial charge in [0.2, 0.25) is 5.91 Å². The summed E-state index contributed by atoms with van der Waals surface area (Å²) in [4.78, 5) is 14.1. The molecule has 1 heterocycles. The summed E-state index contributed by atoms with van der Waals surface area (Å²) in [5.74, 6) is 2.27. The Bertz CT molecular complexity index is 435. The number of fused-ring (bicyclic) bond motifs is 1. The van der Waals surface area contributed by atoms with Crippen molar-refractivity contribution in [2.24, 2.45) is 17.8 Å². The minimum absolute atomic E-state index is 0.137. The summed E-state index contributed by atoms with van der Waals surface area (Å²) < 4.78 is 22.9. The summed E-state index contributed by atoms with van der Waals surface area (Å²) in [7, 11) is -2.92. The van der Waals surface area contributed by atoms with Gasteiger partial charge in [-0.05, 0) is 38.0 Å². The number of hydrogen-bond acceptors (Lipinski definition) is 3.